The molecular weight excluding hydrogens is 246 g/mol. The van der Waals surface area contributed by atoms with Crippen LogP contribution in [0.15, 0.2) is 30.3 Å². The highest BCUT2D eigenvalue weighted by Gasteiger charge is 2.11. The van der Waals surface area contributed by atoms with Crippen LogP contribution in [0.5, 0.6) is 5.75 Å². The van der Waals surface area contributed by atoms with E-state index in [0.717, 1.165) is 5.75 Å². The molecule has 5 nitrogen and oxygen atoms in total. The van der Waals surface area contributed by atoms with Crippen molar-refractivity contribution in [3.63, 3.8) is 0 Å². The van der Waals surface area contributed by atoms with Crippen molar-refractivity contribution in [2.75, 3.05) is 20.3 Å². The lowest BCUT2D eigenvalue weighted by molar-refractivity contribution is -0.141. The fourth-order valence-electron chi connectivity index (χ4n) is 1.51. The van der Waals surface area contributed by atoms with Crippen LogP contribution in [0.1, 0.15) is 13.3 Å². The summed E-state index contributed by atoms with van der Waals surface area (Å²) in [6.45, 7) is 2.44. The molecule has 0 spiro atoms. The number of carbonyl (C=O) groups excluding carboxylic acids is 1. The second kappa shape index (κ2) is 8.50. The van der Waals surface area contributed by atoms with Crippen molar-refractivity contribution in [2.24, 2.45) is 0 Å². The smallest absolute Gasteiger partial charge is 0.307 e. The molecule has 0 heterocycles. The SMILES string of the molecule is COC(=O)CC(C)NC[C@H](O)COc1ccccc1. The number of ether oxygens (including phenoxy) is 2. The van der Waals surface area contributed by atoms with Crippen molar-refractivity contribution >= 4 is 5.97 Å². The van der Waals surface area contributed by atoms with Gasteiger partial charge in [-0.25, -0.2) is 0 Å². The van der Waals surface area contributed by atoms with E-state index in [1.165, 1.54) is 7.11 Å². The van der Waals surface area contributed by atoms with Gasteiger partial charge in [-0.2, -0.15) is 0 Å². The van der Waals surface area contributed by atoms with Gasteiger partial charge in [-0.15, -0.1) is 0 Å². The van der Waals surface area contributed by atoms with Crippen LogP contribution in [-0.2, 0) is 9.53 Å². The second-order valence-electron chi connectivity index (χ2n) is 4.37. The van der Waals surface area contributed by atoms with E-state index < -0.39 is 6.10 Å². The standard InChI is InChI=1S/C14H21NO4/c1-11(8-14(17)18-2)15-9-12(16)10-19-13-6-4-3-5-7-13/h3-7,11-12,15-16H,8-10H2,1-2H3/t11?,12-/m0/s1. The van der Waals surface area contributed by atoms with Gasteiger partial charge >= 0.3 is 5.97 Å². The first kappa shape index (κ1) is 15.5. The van der Waals surface area contributed by atoms with Crippen LogP contribution in [0.2, 0.25) is 0 Å². The number of aliphatic hydroxyl groups is 1. The highest BCUT2D eigenvalue weighted by molar-refractivity contribution is 5.69. The summed E-state index contributed by atoms with van der Waals surface area (Å²) >= 11 is 0. The van der Waals surface area contributed by atoms with E-state index >= 15 is 0 Å². The van der Waals surface area contributed by atoms with Crippen molar-refractivity contribution < 1.29 is 19.4 Å². The maximum Gasteiger partial charge on any atom is 0.307 e. The lowest BCUT2D eigenvalue weighted by Crippen LogP contribution is -2.37. The van der Waals surface area contributed by atoms with Crippen molar-refractivity contribution in [3.05, 3.63) is 30.3 Å². The molecule has 0 fully saturated rings. The number of para-hydroxylation sites is 1. The molecule has 2 N–H and O–H groups in total. The molecule has 0 saturated carbocycles. The zero-order valence-corrected chi connectivity index (χ0v) is 11.3. The van der Waals surface area contributed by atoms with Crippen molar-refractivity contribution in [2.45, 2.75) is 25.5 Å². The molecule has 19 heavy (non-hydrogen) atoms. The monoisotopic (exact) mass is 267 g/mol. The van der Waals surface area contributed by atoms with E-state index in [9.17, 15) is 9.90 Å². The Morgan fingerprint density at radius 2 is 2.05 bits per heavy atom. The normalized spacial score (nSPS) is 13.6. The van der Waals surface area contributed by atoms with Crippen LogP contribution < -0.4 is 10.1 Å². The average Bonchev–Trinajstić information content (AvgIpc) is 2.43. The number of rotatable bonds is 8. The van der Waals surface area contributed by atoms with Gasteiger partial charge in [0.05, 0.1) is 13.5 Å². The van der Waals surface area contributed by atoms with Gasteiger partial charge in [0.15, 0.2) is 0 Å². The summed E-state index contributed by atoms with van der Waals surface area (Å²) in [4.78, 5) is 11.0. The Balaban J connectivity index is 2.17. The number of carbonyl (C=O) groups is 1. The third kappa shape index (κ3) is 6.79. The minimum atomic E-state index is -0.625. The Bertz CT molecular complexity index is 369. The van der Waals surface area contributed by atoms with Gasteiger partial charge in [-0.1, -0.05) is 18.2 Å². The van der Waals surface area contributed by atoms with Crippen LogP contribution in [0.25, 0.3) is 0 Å². The lowest BCUT2D eigenvalue weighted by atomic mass is 10.2. The van der Waals surface area contributed by atoms with Crippen LogP contribution >= 0.6 is 0 Å². The molecular formula is C14H21NO4. The molecule has 0 aliphatic heterocycles. The van der Waals surface area contributed by atoms with Gasteiger partial charge in [-0.05, 0) is 19.1 Å². The van der Waals surface area contributed by atoms with E-state index in [4.69, 9.17) is 4.74 Å². The largest absolute Gasteiger partial charge is 0.491 e. The predicted octanol–water partition coefficient (Wildman–Crippen LogP) is 0.967. The molecule has 1 unspecified atom stereocenters. The molecule has 1 aromatic rings. The van der Waals surface area contributed by atoms with Gasteiger partial charge in [0, 0.05) is 12.6 Å². The van der Waals surface area contributed by atoms with E-state index in [-0.39, 0.29) is 25.0 Å². The summed E-state index contributed by atoms with van der Waals surface area (Å²) in [5.74, 6) is 0.458. The van der Waals surface area contributed by atoms with Gasteiger partial charge in [0.1, 0.15) is 18.5 Å². The van der Waals surface area contributed by atoms with Crippen molar-refractivity contribution in [3.8, 4) is 5.75 Å². The number of methoxy groups -OCH3 is 1. The first-order chi connectivity index (χ1) is 9.11. The number of hydrogen-bond donors (Lipinski definition) is 2. The third-order valence-electron chi connectivity index (χ3n) is 2.59. The Hall–Kier alpha value is -1.59. The second-order valence-corrected chi connectivity index (χ2v) is 4.37. The molecule has 1 aromatic carbocycles. The average molecular weight is 267 g/mol. The highest BCUT2D eigenvalue weighted by atomic mass is 16.5. The predicted molar refractivity (Wildman–Crippen MR) is 72.0 cm³/mol. The van der Waals surface area contributed by atoms with E-state index in [1.807, 2.05) is 37.3 Å². The molecule has 2 atom stereocenters. The number of benzene rings is 1. The van der Waals surface area contributed by atoms with Gasteiger partial charge in [0.2, 0.25) is 0 Å². The summed E-state index contributed by atoms with van der Waals surface area (Å²) in [5.41, 5.74) is 0. The van der Waals surface area contributed by atoms with Crippen LogP contribution in [0, 0.1) is 0 Å². The zero-order chi connectivity index (χ0) is 14.1. The maximum absolute atomic E-state index is 11.0. The first-order valence-corrected chi connectivity index (χ1v) is 6.28. The summed E-state index contributed by atoms with van der Waals surface area (Å²) in [6, 6.07) is 9.27. The van der Waals surface area contributed by atoms with E-state index in [2.05, 4.69) is 10.1 Å². The number of nitrogens with one attached hydrogen (secondary N) is 1. The van der Waals surface area contributed by atoms with E-state index in [1.54, 1.807) is 0 Å². The van der Waals surface area contributed by atoms with Crippen LogP contribution in [-0.4, -0.2) is 43.5 Å². The Morgan fingerprint density at radius 3 is 2.68 bits per heavy atom. The molecule has 0 aliphatic rings. The summed E-state index contributed by atoms with van der Waals surface area (Å²) in [5, 5.41) is 12.8. The lowest BCUT2D eigenvalue weighted by Gasteiger charge is -2.16. The molecule has 0 bridgehead atoms. The van der Waals surface area contributed by atoms with Crippen LogP contribution in [0.3, 0.4) is 0 Å². The Labute approximate surface area is 113 Å². The minimum absolute atomic E-state index is 0.0428. The first-order valence-electron chi connectivity index (χ1n) is 6.28. The van der Waals surface area contributed by atoms with Gasteiger partial charge in [0.25, 0.3) is 0 Å². The topological polar surface area (TPSA) is 67.8 Å². The maximum atomic E-state index is 11.0. The summed E-state index contributed by atoms with van der Waals surface area (Å²) in [7, 11) is 1.36. The molecule has 0 saturated heterocycles. The zero-order valence-electron chi connectivity index (χ0n) is 11.3. The number of aliphatic hydroxyl groups excluding tert-OH is 1. The summed E-state index contributed by atoms with van der Waals surface area (Å²) < 4.78 is 9.99. The molecule has 106 valence electrons. The van der Waals surface area contributed by atoms with Gasteiger partial charge in [-0.3, -0.25) is 4.79 Å². The van der Waals surface area contributed by atoms with E-state index in [0.29, 0.717) is 6.54 Å². The Kier molecular flexibility index (Phi) is 6.92. The fourth-order valence-corrected chi connectivity index (χ4v) is 1.51. The van der Waals surface area contributed by atoms with Crippen molar-refractivity contribution in [1.82, 2.24) is 5.32 Å². The molecule has 0 aromatic heterocycles. The third-order valence-corrected chi connectivity index (χ3v) is 2.59. The highest BCUT2D eigenvalue weighted by Crippen LogP contribution is 2.08. The Morgan fingerprint density at radius 1 is 1.37 bits per heavy atom. The molecule has 1 rings (SSSR count). The molecule has 0 amide bonds. The molecule has 0 aliphatic carbocycles. The fraction of sp³-hybridized carbons (Fsp3) is 0.500. The molecule has 5 heteroatoms. The minimum Gasteiger partial charge on any atom is -0.491 e. The van der Waals surface area contributed by atoms with Crippen LogP contribution in [0.4, 0.5) is 0 Å². The summed E-state index contributed by atoms with van der Waals surface area (Å²) in [6.07, 6.45) is -0.344. The van der Waals surface area contributed by atoms with Crippen molar-refractivity contribution in [1.29, 1.82) is 0 Å². The molecule has 0 radical (unpaired) electrons. The van der Waals surface area contributed by atoms with Gasteiger partial charge < -0.3 is 19.9 Å². The number of esters is 1. The quantitative estimate of drug-likeness (QED) is 0.687. The number of hydrogen-bond acceptors (Lipinski definition) is 5.